The van der Waals surface area contributed by atoms with Gasteiger partial charge in [0.15, 0.2) is 4.87 Å². The van der Waals surface area contributed by atoms with E-state index in [0.29, 0.717) is 5.56 Å². The molecule has 106 valence electrons. The molecule has 0 amide bonds. The molecule has 0 aliphatic carbocycles. The van der Waals surface area contributed by atoms with E-state index in [2.05, 4.69) is 4.99 Å². The van der Waals surface area contributed by atoms with E-state index in [4.69, 9.17) is 58.0 Å². The summed E-state index contributed by atoms with van der Waals surface area (Å²) in [4.78, 5) is 11.3. The van der Waals surface area contributed by atoms with Crippen LogP contribution in [0, 0.1) is 0 Å². The van der Waals surface area contributed by atoms with Crippen LogP contribution in [0.1, 0.15) is 5.56 Å². The highest BCUT2D eigenvalue weighted by Gasteiger charge is 2.64. The third-order valence-corrected chi connectivity index (χ3v) is 5.71. The molecule has 8 heteroatoms. The zero-order chi connectivity index (χ0) is 15.1. The summed E-state index contributed by atoms with van der Waals surface area (Å²) in [5, 5.41) is 8.53. The van der Waals surface area contributed by atoms with Gasteiger partial charge in [0, 0.05) is 0 Å². The zero-order valence-electron chi connectivity index (χ0n) is 9.58. The van der Waals surface area contributed by atoms with Crippen LogP contribution in [0.2, 0.25) is 0 Å². The van der Waals surface area contributed by atoms with Gasteiger partial charge in [-0.05, 0) is 5.56 Å². The van der Waals surface area contributed by atoms with E-state index in [9.17, 15) is 9.90 Å². The van der Waals surface area contributed by atoms with Gasteiger partial charge >= 0.3 is 5.97 Å². The second-order valence-electron chi connectivity index (χ2n) is 4.00. The standard InChI is InChI=1S/C12H6Cl5NO2/c13-7-8(14)18-9(15)11(16,12(7,17)10(19)20)6-4-2-1-3-5-6/h1-5H,(H,19,20). The minimum atomic E-state index is -2.26. The number of alkyl halides is 2. The van der Waals surface area contributed by atoms with Crippen molar-refractivity contribution in [3.05, 3.63) is 46.1 Å². The van der Waals surface area contributed by atoms with E-state index in [0.717, 1.165) is 0 Å². The molecule has 3 nitrogen and oxygen atoms in total. The Labute approximate surface area is 139 Å². The van der Waals surface area contributed by atoms with E-state index < -0.39 is 20.7 Å². The molecule has 2 rings (SSSR count). The van der Waals surface area contributed by atoms with E-state index >= 15 is 0 Å². The lowest BCUT2D eigenvalue weighted by atomic mass is 9.83. The molecule has 1 aromatic carbocycles. The minimum Gasteiger partial charge on any atom is -0.480 e. The van der Waals surface area contributed by atoms with Crippen molar-refractivity contribution in [2.45, 2.75) is 9.75 Å². The molecule has 0 saturated heterocycles. The minimum absolute atomic E-state index is 0.267. The first-order valence-corrected chi connectivity index (χ1v) is 7.12. The highest BCUT2D eigenvalue weighted by molar-refractivity contribution is 6.75. The summed E-state index contributed by atoms with van der Waals surface area (Å²) >= 11 is 30.4. The van der Waals surface area contributed by atoms with Gasteiger partial charge in [0.05, 0.1) is 5.03 Å². The van der Waals surface area contributed by atoms with Crippen LogP contribution in [0.25, 0.3) is 0 Å². The largest absolute Gasteiger partial charge is 0.480 e. The molecule has 0 spiro atoms. The normalized spacial score (nSPS) is 30.1. The van der Waals surface area contributed by atoms with Gasteiger partial charge in [-0.15, -0.1) is 11.6 Å². The lowest BCUT2D eigenvalue weighted by Crippen LogP contribution is -2.55. The Bertz CT molecular complexity index is 630. The molecule has 1 N–H and O–H groups in total. The third-order valence-electron chi connectivity index (χ3n) is 2.91. The van der Waals surface area contributed by atoms with Crippen LogP contribution >= 0.6 is 58.0 Å². The fourth-order valence-corrected chi connectivity index (χ4v) is 3.52. The number of carboxylic acid groups (broad SMARTS) is 1. The summed E-state index contributed by atoms with van der Waals surface area (Å²) in [6, 6.07) is 8.22. The lowest BCUT2D eigenvalue weighted by molar-refractivity contribution is -0.139. The number of halogens is 5. The predicted molar refractivity (Wildman–Crippen MR) is 82.2 cm³/mol. The first kappa shape index (κ1) is 15.9. The summed E-state index contributed by atoms with van der Waals surface area (Å²) in [7, 11) is 0. The number of hydrogen-bond donors (Lipinski definition) is 1. The number of aliphatic imine (C=N–C) groups is 1. The summed E-state index contributed by atoms with van der Waals surface area (Å²) < 4.78 is 0. The first-order chi connectivity index (χ1) is 9.26. The SMILES string of the molecule is O=C(O)C1(Cl)C(Cl)=C(Cl)N=C(Cl)C1(Cl)c1ccccc1. The number of carbonyl (C=O) groups is 1. The van der Waals surface area contributed by atoms with Crippen LogP contribution in [0.4, 0.5) is 0 Å². The second-order valence-corrected chi connectivity index (χ2v) is 6.22. The molecule has 0 aromatic heterocycles. The van der Waals surface area contributed by atoms with Gasteiger partial charge in [-0.3, -0.25) is 0 Å². The molecule has 1 heterocycles. The summed E-state index contributed by atoms with van der Waals surface area (Å²) in [5.41, 5.74) is 0.343. The van der Waals surface area contributed by atoms with Gasteiger partial charge in [0.25, 0.3) is 0 Å². The Morgan fingerprint density at radius 3 is 2.15 bits per heavy atom. The molecule has 1 aliphatic heterocycles. The topological polar surface area (TPSA) is 49.7 Å². The summed E-state index contributed by atoms with van der Waals surface area (Å²) in [5.74, 6) is -1.48. The number of hydrogen-bond acceptors (Lipinski definition) is 2. The fraction of sp³-hybridized carbons (Fsp3) is 0.167. The van der Waals surface area contributed by atoms with Crippen molar-refractivity contribution in [1.82, 2.24) is 0 Å². The van der Waals surface area contributed by atoms with Crippen LogP contribution in [0.5, 0.6) is 0 Å². The Hall–Kier alpha value is -0.450. The van der Waals surface area contributed by atoms with Gasteiger partial charge in [-0.25, -0.2) is 9.79 Å². The lowest BCUT2D eigenvalue weighted by Gasteiger charge is -2.40. The molecule has 1 aromatic rings. The van der Waals surface area contributed by atoms with Crippen molar-refractivity contribution >= 4 is 69.1 Å². The average Bonchev–Trinajstić information content (AvgIpc) is 2.43. The van der Waals surface area contributed by atoms with Crippen LogP contribution < -0.4 is 0 Å². The van der Waals surface area contributed by atoms with Gasteiger partial charge in [-0.1, -0.05) is 76.7 Å². The second kappa shape index (κ2) is 5.39. The van der Waals surface area contributed by atoms with Crippen LogP contribution in [-0.4, -0.2) is 21.1 Å². The highest BCUT2D eigenvalue weighted by atomic mass is 35.5. The fourth-order valence-electron chi connectivity index (χ4n) is 1.87. The van der Waals surface area contributed by atoms with Crippen molar-refractivity contribution in [1.29, 1.82) is 0 Å². The van der Waals surface area contributed by atoms with E-state index in [1.807, 2.05) is 0 Å². The molecule has 0 radical (unpaired) electrons. The molecule has 1 aliphatic rings. The number of benzene rings is 1. The average molecular weight is 373 g/mol. The maximum atomic E-state index is 11.7. The van der Waals surface area contributed by atoms with Gasteiger partial charge in [0.2, 0.25) is 4.87 Å². The molecule has 0 bridgehead atoms. The Balaban J connectivity index is 2.80. The Morgan fingerprint density at radius 1 is 1.10 bits per heavy atom. The smallest absolute Gasteiger partial charge is 0.333 e. The van der Waals surface area contributed by atoms with Crippen molar-refractivity contribution in [2.24, 2.45) is 4.99 Å². The zero-order valence-corrected chi connectivity index (χ0v) is 13.4. The van der Waals surface area contributed by atoms with Gasteiger partial charge < -0.3 is 5.11 Å². The predicted octanol–water partition coefficient (Wildman–Crippen LogP) is 4.48. The number of carboxylic acids is 1. The quantitative estimate of drug-likeness (QED) is 0.614. The first-order valence-electron chi connectivity index (χ1n) is 5.23. The highest BCUT2D eigenvalue weighted by Crippen LogP contribution is 2.55. The maximum Gasteiger partial charge on any atom is 0.333 e. The van der Waals surface area contributed by atoms with Crippen molar-refractivity contribution in [2.75, 3.05) is 0 Å². The van der Waals surface area contributed by atoms with E-state index in [-0.39, 0.29) is 10.3 Å². The van der Waals surface area contributed by atoms with Crippen LogP contribution in [0.15, 0.2) is 45.5 Å². The summed E-state index contributed by atoms with van der Waals surface area (Å²) in [6.45, 7) is 0. The molecule has 2 atom stereocenters. The Kier molecular flexibility index (Phi) is 4.30. The molecular weight excluding hydrogens is 367 g/mol. The van der Waals surface area contributed by atoms with Gasteiger partial charge in [0.1, 0.15) is 10.3 Å². The maximum absolute atomic E-state index is 11.7. The molecule has 0 saturated carbocycles. The molecule has 20 heavy (non-hydrogen) atoms. The number of aliphatic carboxylic acids is 1. The summed E-state index contributed by atoms with van der Waals surface area (Å²) in [6.07, 6.45) is 0. The van der Waals surface area contributed by atoms with Crippen molar-refractivity contribution in [3.63, 3.8) is 0 Å². The molecule has 0 fully saturated rings. The van der Waals surface area contributed by atoms with E-state index in [1.54, 1.807) is 30.3 Å². The van der Waals surface area contributed by atoms with Gasteiger partial charge in [-0.2, -0.15) is 0 Å². The van der Waals surface area contributed by atoms with E-state index in [1.165, 1.54) is 0 Å². The third kappa shape index (κ3) is 2.04. The number of rotatable bonds is 2. The van der Waals surface area contributed by atoms with Crippen LogP contribution in [0.3, 0.4) is 0 Å². The monoisotopic (exact) mass is 371 g/mol. The molecule has 2 unspecified atom stereocenters. The number of nitrogens with zero attached hydrogens (tertiary/aromatic N) is 1. The Morgan fingerprint density at radius 2 is 1.65 bits per heavy atom. The van der Waals surface area contributed by atoms with Crippen molar-refractivity contribution < 1.29 is 9.90 Å². The van der Waals surface area contributed by atoms with Crippen LogP contribution in [-0.2, 0) is 9.67 Å². The molecular formula is C12H6Cl5NO2. The van der Waals surface area contributed by atoms with Crippen molar-refractivity contribution in [3.8, 4) is 0 Å².